The number of thioether (sulfide) groups is 1. The Balaban J connectivity index is 1.62. The highest BCUT2D eigenvalue weighted by atomic mass is 79.9. The van der Waals surface area contributed by atoms with Gasteiger partial charge in [0.25, 0.3) is 5.91 Å². The second-order valence-electron chi connectivity index (χ2n) is 6.50. The largest absolute Gasteiger partial charge is 0.496 e. The third-order valence-electron chi connectivity index (χ3n) is 4.43. The van der Waals surface area contributed by atoms with E-state index in [1.807, 2.05) is 60.7 Å². The molecule has 0 aliphatic carbocycles. The van der Waals surface area contributed by atoms with Crippen molar-refractivity contribution < 1.29 is 13.9 Å². The van der Waals surface area contributed by atoms with E-state index in [2.05, 4.69) is 26.1 Å². The predicted molar refractivity (Wildman–Crippen MR) is 127 cm³/mol. The van der Waals surface area contributed by atoms with E-state index in [1.54, 1.807) is 30.6 Å². The summed E-state index contributed by atoms with van der Waals surface area (Å²) in [6, 6.07) is 18.9. The summed E-state index contributed by atoms with van der Waals surface area (Å²) >= 11 is 4.71. The number of furan rings is 1. The Labute approximate surface area is 192 Å². The van der Waals surface area contributed by atoms with Crippen molar-refractivity contribution in [3.63, 3.8) is 0 Å². The molecule has 1 saturated heterocycles. The van der Waals surface area contributed by atoms with Gasteiger partial charge in [-0.1, -0.05) is 40.2 Å². The Hall–Kier alpha value is -3.10. The fourth-order valence-electron chi connectivity index (χ4n) is 2.90. The lowest BCUT2D eigenvalue weighted by Crippen LogP contribution is -2.28. The first-order valence-electron chi connectivity index (χ1n) is 9.37. The second-order valence-corrected chi connectivity index (χ2v) is 8.43. The molecule has 6 nitrogen and oxygen atoms in total. The Bertz CT molecular complexity index is 1160. The van der Waals surface area contributed by atoms with Crippen LogP contribution in [0.3, 0.4) is 0 Å². The zero-order valence-electron chi connectivity index (χ0n) is 16.6. The van der Waals surface area contributed by atoms with Gasteiger partial charge in [-0.25, -0.2) is 0 Å². The molecule has 4 rings (SSSR count). The predicted octanol–water partition coefficient (Wildman–Crippen LogP) is 5.56. The smallest absolute Gasteiger partial charge is 0.267 e. The van der Waals surface area contributed by atoms with E-state index >= 15 is 0 Å². The van der Waals surface area contributed by atoms with Crippen molar-refractivity contribution >= 4 is 51.1 Å². The van der Waals surface area contributed by atoms with E-state index in [0.717, 1.165) is 15.6 Å². The number of amides is 1. The van der Waals surface area contributed by atoms with Gasteiger partial charge >= 0.3 is 0 Å². The van der Waals surface area contributed by atoms with Gasteiger partial charge in [0.05, 0.1) is 31.0 Å². The van der Waals surface area contributed by atoms with Gasteiger partial charge in [0, 0.05) is 10.0 Å². The lowest BCUT2D eigenvalue weighted by Gasteiger charge is -2.12. The van der Waals surface area contributed by atoms with E-state index < -0.39 is 0 Å². The Morgan fingerprint density at radius 2 is 1.94 bits per heavy atom. The van der Waals surface area contributed by atoms with Crippen LogP contribution in [0.2, 0.25) is 0 Å². The minimum Gasteiger partial charge on any atom is -0.496 e. The summed E-state index contributed by atoms with van der Waals surface area (Å²) in [5.74, 6) is 1.22. The topological polar surface area (TPSA) is 67.4 Å². The van der Waals surface area contributed by atoms with Crippen molar-refractivity contribution in [1.82, 2.24) is 4.90 Å². The lowest BCUT2D eigenvalue weighted by molar-refractivity contribution is -0.122. The van der Waals surface area contributed by atoms with E-state index in [4.69, 9.17) is 9.15 Å². The van der Waals surface area contributed by atoms with E-state index in [-0.39, 0.29) is 12.5 Å². The summed E-state index contributed by atoms with van der Waals surface area (Å²) in [6.45, 7) is 0.277. The first-order valence-corrected chi connectivity index (χ1v) is 11.0. The van der Waals surface area contributed by atoms with Crippen LogP contribution in [-0.2, 0) is 11.3 Å². The van der Waals surface area contributed by atoms with Crippen LogP contribution in [-0.4, -0.2) is 29.3 Å². The van der Waals surface area contributed by atoms with Gasteiger partial charge in [-0.15, -0.1) is 5.10 Å². The molecule has 3 aromatic rings. The number of ether oxygens (including phenoxy) is 1. The molecule has 0 radical (unpaired) electrons. The van der Waals surface area contributed by atoms with Gasteiger partial charge in [-0.05, 0) is 59.8 Å². The van der Waals surface area contributed by atoms with Crippen molar-refractivity contribution in [3.05, 3.63) is 93.2 Å². The van der Waals surface area contributed by atoms with Crippen LogP contribution in [0, 0.1) is 0 Å². The number of hydrogen-bond acceptors (Lipinski definition) is 6. The average Bonchev–Trinajstić information content (AvgIpc) is 3.40. The molecule has 31 heavy (non-hydrogen) atoms. The minimum atomic E-state index is -0.143. The highest BCUT2D eigenvalue weighted by molar-refractivity contribution is 9.10. The molecule has 0 saturated carbocycles. The molecule has 156 valence electrons. The van der Waals surface area contributed by atoms with Crippen molar-refractivity contribution in [2.24, 2.45) is 10.2 Å². The normalized spacial score (nSPS) is 16.7. The lowest BCUT2D eigenvalue weighted by atomic mass is 10.2. The summed E-state index contributed by atoms with van der Waals surface area (Å²) in [5, 5.41) is 9.01. The molecule has 0 bridgehead atoms. The van der Waals surface area contributed by atoms with Gasteiger partial charge in [-0.3, -0.25) is 9.69 Å². The van der Waals surface area contributed by atoms with Gasteiger partial charge in [0.2, 0.25) is 0 Å². The van der Waals surface area contributed by atoms with E-state index in [9.17, 15) is 4.79 Å². The number of carbonyl (C=O) groups is 1. The molecular weight excluding hydrogens is 478 g/mol. The van der Waals surface area contributed by atoms with Crippen molar-refractivity contribution in [2.45, 2.75) is 6.54 Å². The van der Waals surface area contributed by atoms with Crippen molar-refractivity contribution in [1.29, 1.82) is 0 Å². The fraction of sp³-hybridized carbons (Fsp3) is 0.0870. The van der Waals surface area contributed by atoms with Gasteiger partial charge in [-0.2, -0.15) is 5.10 Å². The third-order valence-corrected chi connectivity index (χ3v) is 5.95. The summed E-state index contributed by atoms with van der Waals surface area (Å²) < 4.78 is 11.7. The maximum atomic E-state index is 13.1. The number of hydrogen-bond donors (Lipinski definition) is 0. The molecule has 0 spiro atoms. The number of para-hydroxylation sites is 1. The molecule has 1 aliphatic heterocycles. The van der Waals surface area contributed by atoms with E-state index in [1.165, 1.54) is 11.8 Å². The highest BCUT2D eigenvalue weighted by Gasteiger charge is 2.34. The molecule has 8 heteroatoms. The molecular formula is C23H18BrN3O3S. The number of carbonyl (C=O) groups excluding carboxylic acids is 1. The summed E-state index contributed by atoms with van der Waals surface area (Å²) in [6.07, 6.45) is 5.04. The number of methoxy groups -OCH3 is 1. The standard InChI is InChI=1S/C23H18BrN3O3S/c1-29-20-7-3-2-5-17(20)14-25-26-23-27(15-19-6-4-12-30-19)22(28)21(31-23)13-16-8-10-18(24)11-9-16/h2-14H,15H2,1H3/b21-13-,25-14+,26-23-. The first kappa shape index (κ1) is 21.1. The number of benzene rings is 2. The van der Waals surface area contributed by atoms with Crippen LogP contribution in [0.1, 0.15) is 16.9 Å². The fourth-order valence-corrected chi connectivity index (χ4v) is 4.10. The minimum absolute atomic E-state index is 0.143. The second kappa shape index (κ2) is 9.80. The van der Waals surface area contributed by atoms with Crippen LogP contribution >= 0.6 is 27.7 Å². The number of amidine groups is 1. The SMILES string of the molecule is COc1ccccc1/C=N/N=C1\S/C(=C\c2ccc(Br)cc2)C(=O)N1Cc1ccco1. The van der Waals surface area contributed by atoms with Crippen LogP contribution in [0.25, 0.3) is 6.08 Å². The average molecular weight is 496 g/mol. The third kappa shape index (κ3) is 5.15. The van der Waals surface area contributed by atoms with Crippen molar-refractivity contribution in [2.75, 3.05) is 7.11 Å². The monoisotopic (exact) mass is 495 g/mol. The molecule has 2 heterocycles. The molecule has 1 fully saturated rings. The Morgan fingerprint density at radius 3 is 2.68 bits per heavy atom. The molecule has 0 unspecified atom stereocenters. The zero-order chi connectivity index (χ0) is 21.6. The maximum Gasteiger partial charge on any atom is 0.267 e. The molecule has 1 aromatic heterocycles. The summed E-state index contributed by atoms with van der Waals surface area (Å²) in [5.41, 5.74) is 1.72. The quantitative estimate of drug-likeness (QED) is 0.255. The Morgan fingerprint density at radius 1 is 1.13 bits per heavy atom. The van der Waals surface area contributed by atoms with Gasteiger partial charge in [0.1, 0.15) is 11.5 Å². The molecule has 0 atom stereocenters. The van der Waals surface area contributed by atoms with Gasteiger partial charge in [0.15, 0.2) is 5.17 Å². The van der Waals surface area contributed by atoms with E-state index in [0.29, 0.717) is 21.6 Å². The number of halogens is 1. The van der Waals surface area contributed by atoms with Crippen LogP contribution in [0.15, 0.2) is 90.9 Å². The number of nitrogens with zero attached hydrogens (tertiary/aromatic N) is 3. The summed E-state index contributed by atoms with van der Waals surface area (Å²) in [7, 11) is 1.61. The maximum absolute atomic E-state index is 13.1. The molecule has 1 aliphatic rings. The highest BCUT2D eigenvalue weighted by Crippen LogP contribution is 2.34. The van der Waals surface area contributed by atoms with Gasteiger partial charge < -0.3 is 9.15 Å². The summed E-state index contributed by atoms with van der Waals surface area (Å²) in [4.78, 5) is 15.2. The van der Waals surface area contributed by atoms with Crippen LogP contribution < -0.4 is 4.74 Å². The number of rotatable bonds is 6. The van der Waals surface area contributed by atoms with Crippen molar-refractivity contribution in [3.8, 4) is 5.75 Å². The molecule has 2 aromatic carbocycles. The molecule has 0 N–H and O–H groups in total. The Kier molecular flexibility index (Phi) is 6.69. The van der Waals surface area contributed by atoms with Crippen LogP contribution in [0.4, 0.5) is 0 Å². The molecule has 1 amide bonds. The van der Waals surface area contributed by atoms with Crippen LogP contribution in [0.5, 0.6) is 5.75 Å². The first-order chi connectivity index (χ1) is 15.1. The zero-order valence-corrected chi connectivity index (χ0v) is 19.0.